The fourth-order valence-corrected chi connectivity index (χ4v) is 1.15. The van der Waals surface area contributed by atoms with E-state index in [1.165, 1.54) is 0 Å². The molecular weight excluding hydrogens is 168 g/mol. The summed E-state index contributed by atoms with van der Waals surface area (Å²) in [5.41, 5.74) is 5.58. The molecule has 13 heavy (non-hydrogen) atoms. The van der Waals surface area contributed by atoms with Crippen LogP contribution >= 0.6 is 0 Å². The predicted octanol–water partition coefficient (Wildman–Crippen LogP) is -0.906. The minimum Gasteiger partial charge on any atom is -0.368 e. The Morgan fingerprint density at radius 1 is 0.846 bits per heavy atom. The zero-order valence-electron chi connectivity index (χ0n) is 7.14. The number of nitrogen functional groups attached to an aromatic ring is 1. The van der Waals surface area contributed by atoms with Gasteiger partial charge in [-0.25, -0.2) is 0 Å². The van der Waals surface area contributed by atoms with E-state index in [9.17, 15) is 0 Å². The summed E-state index contributed by atoms with van der Waals surface area (Å²) in [6, 6.07) is 0. The van der Waals surface area contributed by atoms with E-state index >= 15 is 0 Å². The third kappa shape index (κ3) is 1.24. The summed E-state index contributed by atoms with van der Waals surface area (Å²) < 4.78 is 0. The SMILES string of the molecule is Nc1nc(N2CC2)nc(N2CC2)n1. The molecule has 6 nitrogen and oxygen atoms in total. The van der Waals surface area contributed by atoms with Crippen molar-refractivity contribution >= 4 is 17.8 Å². The molecule has 2 fully saturated rings. The van der Waals surface area contributed by atoms with Crippen LogP contribution < -0.4 is 15.5 Å². The Hall–Kier alpha value is -1.59. The van der Waals surface area contributed by atoms with Gasteiger partial charge in [0.25, 0.3) is 0 Å². The topological polar surface area (TPSA) is 70.7 Å². The highest BCUT2D eigenvalue weighted by atomic mass is 15.4. The van der Waals surface area contributed by atoms with Crippen LogP contribution in [0.25, 0.3) is 0 Å². The van der Waals surface area contributed by atoms with Crippen molar-refractivity contribution in [1.82, 2.24) is 15.0 Å². The summed E-state index contributed by atoms with van der Waals surface area (Å²) in [6.07, 6.45) is 0. The van der Waals surface area contributed by atoms with E-state index in [0.717, 1.165) is 38.1 Å². The number of nitrogens with zero attached hydrogens (tertiary/aromatic N) is 5. The van der Waals surface area contributed by atoms with Crippen molar-refractivity contribution in [2.75, 3.05) is 41.7 Å². The summed E-state index contributed by atoms with van der Waals surface area (Å²) in [5, 5.41) is 0. The minimum atomic E-state index is 0.318. The van der Waals surface area contributed by atoms with E-state index in [1.807, 2.05) is 0 Å². The van der Waals surface area contributed by atoms with Crippen molar-refractivity contribution in [3.05, 3.63) is 0 Å². The van der Waals surface area contributed by atoms with Crippen LogP contribution in [0.3, 0.4) is 0 Å². The fourth-order valence-electron chi connectivity index (χ4n) is 1.15. The van der Waals surface area contributed by atoms with Crippen molar-refractivity contribution < 1.29 is 0 Å². The first-order chi connectivity index (χ1) is 6.33. The zero-order chi connectivity index (χ0) is 8.84. The van der Waals surface area contributed by atoms with Gasteiger partial charge in [-0.15, -0.1) is 0 Å². The smallest absolute Gasteiger partial charge is 0.232 e. The van der Waals surface area contributed by atoms with Crippen molar-refractivity contribution in [1.29, 1.82) is 0 Å². The van der Waals surface area contributed by atoms with Crippen molar-refractivity contribution in [2.24, 2.45) is 0 Å². The summed E-state index contributed by atoms with van der Waals surface area (Å²) in [7, 11) is 0. The van der Waals surface area contributed by atoms with Gasteiger partial charge in [-0.05, 0) is 0 Å². The fraction of sp³-hybridized carbons (Fsp3) is 0.571. The van der Waals surface area contributed by atoms with Gasteiger partial charge in [0.15, 0.2) is 0 Å². The lowest BCUT2D eigenvalue weighted by Crippen LogP contribution is -2.08. The maximum absolute atomic E-state index is 5.58. The van der Waals surface area contributed by atoms with Crippen LogP contribution in [0.5, 0.6) is 0 Å². The maximum atomic E-state index is 5.58. The molecule has 6 heteroatoms. The molecule has 1 aromatic heterocycles. The third-order valence-corrected chi connectivity index (χ3v) is 2.09. The molecule has 68 valence electrons. The maximum Gasteiger partial charge on any atom is 0.232 e. The molecule has 0 aliphatic carbocycles. The monoisotopic (exact) mass is 178 g/mol. The molecule has 0 spiro atoms. The number of anilines is 3. The average molecular weight is 178 g/mol. The summed E-state index contributed by atoms with van der Waals surface area (Å²) in [4.78, 5) is 16.6. The second-order valence-corrected chi connectivity index (χ2v) is 3.27. The quantitative estimate of drug-likeness (QED) is 0.591. The van der Waals surface area contributed by atoms with Crippen molar-refractivity contribution in [3.63, 3.8) is 0 Å². The van der Waals surface area contributed by atoms with Gasteiger partial charge in [0.05, 0.1) is 0 Å². The number of nitrogens with two attached hydrogens (primary N) is 1. The Morgan fingerprint density at radius 3 is 1.69 bits per heavy atom. The first-order valence-corrected chi connectivity index (χ1v) is 4.34. The molecule has 2 N–H and O–H groups in total. The summed E-state index contributed by atoms with van der Waals surface area (Å²) in [6.45, 7) is 4.12. The van der Waals surface area contributed by atoms with Crippen LogP contribution in [0.2, 0.25) is 0 Å². The number of rotatable bonds is 2. The van der Waals surface area contributed by atoms with E-state index in [4.69, 9.17) is 5.73 Å². The molecule has 0 aromatic carbocycles. The van der Waals surface area contributed by atoms with Crippen LogP contribution in [0.4, 0.5) is 17.8 Å². The van der Waals surface area contributed by atoms with Gasteiger partial charge in [0.1, 0.15) is 0 Å². The molecular formula is C7H10N6. The van der Waals surface area contributed by atoms with E-state index in [2.05, 4.69) is 24.8 Å². The summed E-state index contributed by atoms with van der Waals surface area (Å²) in [5.74, 6) is 1.75. The van der Waals surface area contributed by atoms with Gasteiger partial charge in [-0.2, -0.15) is 15.0 Å². The lowest BCUT2D eigenvalue weighted by atomic mass is 10.8. The Morgan fingerprint density at radius 2 is 1.31 bits per heavy atom. The normalized spacial score (nSPS) is 19.1. The molecule has 2 saturated heterocycles. The lowest BCUT2D eigenvalue weighted by Gasteiger charge is -2.04. The number of aromatic nitrogens is 3. The van der Waals surface area contributed by atoms with Gasteiger partial charge in [-0.3, -0.25) is 0 Å². The van der Waals surface area contributed by atoms with Gasteiger partial charge < -0.3 is 15.5 Å². The highest BCUT2D eigenvalue weighted by Crippen LogP contribution is 2.22. The molecule has 0 atom stereocenters. The molecule has 3 heterocycles. The van der Waals surface area contributed by atoms with E-state index in [-0.39, 0.29) is 0 Å². The zero-order valence-corrected chi connectivity index (χ0v) is 7.14. The first-order valence-electron chi connectivity index (χ1n) is 4.34. The molecule has 0 amide bonds. The second-order valence-electron chi connectivity index (χ2n) is 3.27. The predicted molar refractivity (Wildman–Crippen MR) is 48.7 cm³/mol. The minimum absolute atomic E-state index is 0.318. The van der Waals surface area contributed by atoms with Crippen molar-refractivity contribution in [2.45, 2.75) is 0 Å². The average Bonchev–Trinajstić information content (AvgIpc) is 2.98. The molecule has 0 unspecified atom stereocenters. The number of hydrogen-bond acceptors (Lipinski definition) is 6. The molecule has 0 saturated carbocycles. The van der Waals surface area contributed by atoms with E-state index < -0.39 is 0 Å². The van der Waals surface area contributed by atoms with E-state index in [0.29, 0.717) is 5.95 Å². The highest BCUT2D eigenvalue weighted by molar-refractivity contribution is 5.49. The molecule has 2 aliphatic heterocycles. The van der Waals surface area contributed by atoms with Crippen LogP contribution in [-0.4, -0.2) is 41.1 Å². The standard InChI is InChI=1S/C7H10N6/c8-5-9-6(12-1-2-12)11-7(10-5)13-3-4-13/h1-4H2,(H2,8,9,10,11). The van der Waals surface area contributed by atoms with Crippen LogP contribution in [0, 0.1) is 0 Å². The number of hydrogen-bond donors (Lipinski definition) is 1. The molecule has 1 aromatic rings. The van der Waals surface area contributed by atoms with Crippen LogP contribution in [0.1, 0.15) is 0 Å². The van der Waals surface area contributed by atoms with Gasteiger partial charge >= 0.3 is 0 Å². The second kappa shape index (κ2) is 2.21. The van der Waals surface area contributed by atoms with Crippen molar-refractivity contribution in [3.8, 4) is 0 Å². The molecule has 0 radical (unpaired) electrons. The van der Waals surface area contributed by atoms with Gasteiger partial charge in [0, 0.05) is 26.2 Å². The Labute approximate surface area is 75.4 Å². The van der Waals surface area contributed by atoms with Gasteiger partial charge in [0.2, 0.25) is 17.8 Å². The molecule has 0 bridgehead atoms. The third-order valence-electron chi connectivity index (χ3n) is 2.09. The van der Waals surface area contributed by atoms with Crippen LogP contribution in [0.15, 0.2) is 0 Å². The highest BCUT2D eigenvalue weighted by Gasteiger charge is 2.26. The van der Waals surface area contributed by atoms with Gasteiger partial charge in [-0.1, -0.05) is 0 Å². The molecule has 2 aliphatic rings. The van der Waals surface area contributed by atoms with E-state index in [1.54, 1.807) is 0 Å². The molecule has 3 rings (SSSR count). The Kier molecular flexibility index (Phi) is 1.17. The first kappa shape index (κ1) is 6.88. The largest absolute Gasteiger partial charge is 0.368 e. The summed E-state index contributed by atoms with van der Waals surface area (Å²) >= 11 is 0. The Balaban J connectivity index is 1.99. The Bertz CT molecular complexity index is 313. The van der Waals surface area contributed by atoms with Crippen LogP contribution in [-0.2, 0) is 0 Å². The lowest BCUT2D eigenvalue weighted by molar-refractivity contribution is 1.01.